The maximum absolute atomic E-state index is 13.2. The van der Waals surface area contributed by atoms with Crippen LogP contribution in [0.4, 0.5) is 0 Å². The summed E-state index contributed by atoms with van der Waals surface area (Å²) in [5.74, 6) is 0.770. The Kier molecular flexibility index (Phi) is 4.72. The van der Waals surface area contributed by atoms with Gasteiger partial charge in [-0.3, -0.25) is 9.59 Å². The van der Waals surface area contributed by atoms with Crippen LogP contribution in [0.2, 0.25) is 0 Å². The quantitative estimate of drug-likeness (QED) is 0.905. The van der Waals surface area contributed by atoms with E-state index in [4.69, 9.17) is 0 Å². The van der Waals surface area contributed by atoms with Crippen molar-refractivity contribution in [3.05, 3.63) is 41.7 Å². The van der Waals surface area contributed by atoms with E-state index in [-0.39, 0.29) is 23.8 Å². The van der Waals surface area contributed by atoms with E-state index in [0.717, 1.165) is 37.1 Å². The summed E-state index contributed by atoms with van der Waals surface area (Å²) in [4.78, 5) is 37.6. The van der Waals surface area contributed by atoms with Crippen LogP contribution >= 0.6 is 0 Å². The molecule has 0 aliphatic carbocycles. The second-order valence-electron chi connectivity index (χ2n) is 7.59. The number of aryl methyl sites for hydroxylation is 1. The number of H-pyrrole nitrogens is 1. The fourth-order valence-electron chi connectivity index (χ4n) is 4.29. The number of nitrogens with zero attached hydrogens (tertiary/aromatic N) is 3. The van der Waals surface area contributed by atoms with Crippen molar-refractivity contribution < 1.29 is 9.59 Å². The number of rotatable bonds is 4. The molecule has 6 heteroatoms. The third kappa shape index (κ3) is 3.24. The SMILES string of the molecule is CCCN1C(=O)[C@H]2CC[C@@H]1CN(C(=O)c1nc(-c3ccccc3)[nH]c1C)C2. The second kappa shape index (κ2) is 7.18. The van der Waals surface area contributed by atoms with Crippen LogP contribution < -0.4 is 0 Å². The molecule has 0 saturated carbocycles. The number of carbonyl (C=O) groups excluding carboxylic acids is 2. The van der Waals surface area contributed by atoms with E-state index in [0.29, 0.717) is 24.6 Å². The lowest BCUT2D eigenvalue weighted by atomic mass is 9.94. The zero-order valence-corrected chi connectivity index (χ0v) is 15.9. The van der Waals surface area contributed by atoms with Gasteiger partial charge < -0.3 is 14.8 Å². The summed E-state index contributed by atoms with van der Waals surface area (Å²) in [5.41, 5.74) is 2.19. The minimum absolute atomic E-state index is 0.0750. The van der Waals surface area contributed by atoms with Gasteiger partial charge in [-0.05, 0) is 26.2 Å². The number of imidazole rings is 1. The van der Waals surface area contributed by atoms with Gasteiger partial charge in [-0.2, -0.15) is 0 Å². The molecular weight excluding hydrogens is 340 g/mol. The summed E-state index contributed by atoms with van der Waals surface area (Å²) in [6, 6.07) is 9.94. The monoisotopic (exact) mass is 366 g/mol. The van der Waals surface area contributed by atoms with Gasteiger partial charge in [0.15, 0.2) is 0 Å². The van der Waals surface area contributed by atoms with Crippen LogP contribution in [0, 0.1) is 12.8 Å². The van der Waals surface area contributed by atoms with Crippen LogP contribution in [0.3, 0.4) is 0 Å². The minimum Gasteiger partial charge on any atom is -0.341 e. The van der Waals surface area contributed by atoms with Gasteiger partial charge in [-0.15, -0.1) is 0 Å². The molecule has 0 unspecified atom stereocenters. The van der Waals surface area contributed by atoms with Gasteiger partial charge >= 0.3 is 0 Å². The molecule has 0 radical (unpaired) electrons. The summed E-state index contributed by atoms with van der Waals surface area (Å²) in [7, 11) is 0. The number of aromatic amines is 1. The number of hydrogen-bond acceptors (Lipinski definition) is 3. The molecular formula is C21H26N4O2. The van der Waals surface area contributed by atoms with Crippen LogP contribution in [0.1, 0.15) is 42.4 Å². The van der Waals surface area contributed by atoms with E-state index in [1.165, 1.54) is 0 Å². The van der Waals surface area contributed by atoms with E-state index in [2.05, 4.69) is 16.9 Å². The predicted octanol–water partition coefficient (Wildman–Crippen LogP) is 2.86. The molecule has 27 heavy (non-hydrogen) atoms. The molecule has 3 aliphatic heterocycles. The second-order valence-corrected chi connectivity index (χ2v) is 7.59. The lowest BCUT2D eigenvalue weighted by Crippen LogP contribution is -2.48. The molecule has 5 rings (SSSR count). The zero-order valence-electron chi connectivity index (χ0n) is 15.9. The third-order valence-electron chi connectivity index (χ3n) is 5.68. The van der Waals surface area contributed by atoms with Gasteiger partial charge in [0.2, 0.25) is 5.91 Å². The number of piperidine rings is 1. The van der Waals surface area contributed by atoms with Crippen molar-refractivity contribution in [2.24, 2.45) is 5.92 Å². The predicted molar refractivity (Wildman–Crippen MR) is 103 cm³/mol. The Balaban J connectivity index is 1.59. The van der Waals surface area contributed by atoms with Gasteiger partial charge in [0, 0.05) is 36.9 Å². The molecule has 1 N–H and O–H groups in total. The Hall–Kier alpha value is -2.63. The lowest BCUT2D eigenvalue weighted by molar-refractivity contribution is -0.139. The fourth-order valence-corrected chi connectivity index (χ4v) is 4.29. The highest BCUT2D eigenvalue weighted by Crippen LogP contribution is 2.30. The Morgan fingerprint density at radius 2 is 2.00 bits per heavy atom. The first kappa shape index (κ1) is 17.8. The highest BCUT2D eigenvalue weighted by molar-refractivity contribution is 5.95. The number of hydrogen-bond donors (Lipinski definition) is 1. The van der Waals surface area contributed by atoms with E-state index in [1.54, 1.807) is 0 Å². The highest BCUT2D eigenvalue weighted by atomic mass is 16.2. The summed E-state index contributed by atoms with van der Waals surface area (Å²) in [5, 5.41) is 0. The Morgan fingerprint density at radius 3 is 2.74 bits per heavy atom. The number of aromatic nitrogens is 2. The minimum atomic E-state index is -0.0768. The highest BCUT2D eigenvalue weighted by Gasteiger charge is 2.42. The maximum Gasteiger partial charge on any atom is 0.274 e. The molecule has 0 spiro atoms. The number of fused-ring (bicyclic) bond motifs is 4. The number of carbonyl (C=O) groups is 2. The molecule has 1 aromatic carbocycles. The van der Waals surface area contributed by atoms with Crippen molar-refractivity contribution in [3.63, 3.8) is 0 Å². The third-order valence-corrected chi connectivity index (χ3v) is 5.68. The van der Waals surface area contributed by atoms with Crippen LogP contribution in [-0.2, 0) is 4.79 Å². The first-order valence-corrected chi connectivity index (χ1v) is 9.80. The zero-order chi connectivity index (χ0) is 19.0. The fraction of sp³-hybridized carbons (Fsp3) is 0.476. The molecule has 2 bridgehead atoms. The molecule has 2 aromatic rings. The van der Waals surface area contributed by atoms with Gasteiger partial charge in [-0.25, -0.2) is 4.98 Å². The lowest BCUT2D eigenvalue weighted by Gasteiger charge is -2.35. The van der Waals surface area contributed by atoms with E-state index in [9.17, 15) is 9.59 Å². The molecule has 2 amide bonds. The van der Waals surface area contributed by atoms with Gasteiger partial charge in [-0.1, -0.05) is 37.3 Å². The Morgan fingerprint density at radius 1 is 1.22 bits per heavy atom. The molecule has 3 saturated heterocycles. The van der Waals surface area contributed by atoms with Crippen LogP contribution in [0.15, 0.2) is 30.3 Å². The molecule has 2 atom stereocenters. The number of benzene rings is 1. The average Bonchev–Trinajstić information content (AvgIpc) is 2.87. The number of amides is 2. The van der Waals surface area contributed by atoms with E-state index in [1.807, 2.05) is 47.1 Å². The van der Waals surface area contributed by atoms with Gasteiger partial charge in [0.25, 0.3) is 5.91 Å². The van der Waals surface area contributed by atoms with Crippen molar-refractivity contribution in [2.75, 3.05) is 19.6 Å². The number of nitrogens with one attached hydrogen (secondary N) is 1. The smallest absolute Gasteiger partial charge is 0.274 e. The van der Waals surface area contributed by atoms with Crippen LogP contribution in [0.25, 0.3) is 11.4 Å². The first-order valence-electron chi connectivity index (χ1n) is 9.80. The largest absolute Gasteiger partial charge is 0.341 e. The van der Waals surface area contributed by atoms with Crippen molar-refractivity contribution in [3.8, 4) is 11.4 Å². The molecule has 3 aliphatic rings. The first-order chi connectivity index (χ1) is 13.1. The van der Waals surface area contributed by atoms with E-state index < -0.39 is 0 Å². The van der Waals surface area contributed by atoms with Crippen molar-refractivity contribution in [1.82, 2.24) is 19.8 Å². The normalized spacial score (nSPS) is 22.2. The standard InChI is InChI=1S/C21H26N4O2/c1-3-11-25-17-10-9-16(20(25)26)12-24(13-17)21(27)18-14(2)22-19(23-18)15-7-5-4-6-8-15/h4-8,16-17H,3,9-13H2,1-2H3,(H,22,23)/t16-,17+/m0/s1. The van der Waals surface area contributed by atoms with Crippen molar-refractivity contribution >= 4 is 11.8 Å². The summed E-state index contributed by atoms with van der Waals surface area (Å²) >= 11 is 0. The van der Waals surface area contributed by atoms with Gasteiger partial charge in [0.1, 0.15) is 11.5 Å². The maximum atomic E-state index is 13.2. The summed E-state index contributed by atoms with van der Waals surface area (Å²) in [6.07, 6.45) is 2.80. The molecule has 6 nitrogen and oxygen atoms in total. The summed E-state index contributed by atoms with van der Waals surface area (Å²) in [6.45, 7) is 5.86. The molecule has 4 heterocycles. The van der Waals surface area contributed by atoms with Crippen LogP contribution in [0.5, 0.6) is 0 Å². The molecule has 3 fully saturated rings. The van der Waals surface area contributed by atoms with Crippen molar-refractivity contribution in [1.29, 1.82) is 0 Å². The van der Waals surface area contributed by atoms with Gasteiger partial charge in [0.05, 0.1) is 5.92 Å². The van der Waals surface area contributed by atoms with E-state index >= 15 is 0 Å². The molecule has 142 valence electrons. The Labute approximate surface area is 159 Å². The topological polar surface area (TPSA) is 69.3 Å². The summed E-state index contributed by atoms with van der Waals surface area (Å²) < 4.78 is 0. The van der Waals surface area contributed by atoms with Crippen LogP contribution in [-0.4, -0.2) is 57.3 Å². The van der Waals surface area contributed by atoms with Crippen molar-refractivity contribution in [2.45, 2.75) is 39.2 Å². The molecule has 1 aromatic heterocycles. The Bertz CT molecular complexity index is 845. The average molecular weight is 366 g/mol.